The van der Waals surface area contributed by atoms with Crippen LogP contribution in [0, 0.1) is 0 Å². The van der Waals surface area contributed by atoms with Gasteiger partial charge in [0.1, 0.15) is 19.3 Å². The van der Waals surface area contributed by atoms with Crippen LogP contribution in [-0.4, -0.2) is 70.7 Å². The Balaban J connectivity index is 4.10. The molecule has 0 aliphatic rings. The summed E-state index contributed by atoms with van der Waals surface area (Å²) in [7, 11) is 1.36. The van der Waals surface area contributed by atoms with Gasteiger partial charge in [0.2, 0.25) is 0 Å². The van der Waals surface area contributed by atoms with Crippen molar-refractivity contribution in [3.8, 4) is 0 Å². The summed E-state index contributed by atoms with van der Waals surface area (Å²) in [5, 5.41) is 0. The first-order valence-electron chi connectivity index (χ1n) is 27.2. The molecule has 8 nitrogen and oxygen atoms in total. The van der Waals surface area contributed by atoms with E-state index in [1.165, 1.54) is 193 Å². The number of likely N-dealkylation sites (N-methyl/N-ethyl adjacent to an activating group) is 1. The van der Waals surface area contributed by atoms with Gasteiger partial charge >= 0.3 is 5.97 Å². The SMILES string of the molecule is CCCCCC/C=C\C/C=C\CCCCCCCCCCOCC(COP(=O)([O-])OCC[N+](C)(C)C)OC(=O)CCCCCCCCCCCCC/C=C\CCCCCCCCCC. The quantitative estimate of drug-likeness (QED) is 0.0197. The van der Waals surface area contributed by atoms with Gasteiger partial charge < -0.3 is 27.9 Å². The monoisotopic (exact) mass is 924 g/mol. The molecule has 0 amide bonds. The van der Waals surface area contributed by atoms with Gasteiger partial charge in [0, 0.05) is 13.0 Å². The lowest BCUT2D eigenvalue weighted by Gasteiger charge is -2.28. The van der Waals surface area contributed by atoms with Crippen LogP contribution in [0.1, 0.15) is 251 Å². The van der Waals surface area contributed by atoms with E-state index in [2.05, 4.69) is 50.3 Å². The van der Waals surface area contributed by atoms with E-state index in [1.54, 1.807) is 0 Å². The molecular formula is C55H106NO7P. The van der Waals surface area contributed by atoms with E-state index in [-0.39, 0.29) is 25.8 Å². The van der Waals surface area contributed by atoms with Crippen LogP contribution >= 0.6 is 7.82 Å². The fraction of sp³-hybridized carbons (Fsp3) is 0.873. The third-order valence-electron chi connectivity index (χ3n) is 11.9. The number of rotatable bonds is 51. The van der Waals surface area contributed by atoms with Gasteiger partial charge in [0.25, 0.3) is 7.82 Å². The number of unbranched alkanes of at least 4 members (excludes halogenated alkanes) is 31. The van der Waals surface area contributed by atoms with Crippen LogP contribution in [0.5, 0.6) is 0 Å². The fourth-order valence-corrected chi connectivity index (χ4v) is 8.42. The molecule has 2 unspecified atom stereocenters. The predicted octanol–water partition coefficient (Wildman–Crippen LogP) is 16.3. The average molecular weight is 924 g/mol. The minimum absolute atomic E-state index is 0.0253. The maximum atomic E-state index is 12.8. The van der Waals surface area contributed by atoms with Crippen molar-refractivity contribution in [1.29, 1.82) is 0 Å². The highest BCUT2D eigenvalue weighted by atomic mass is 31.2. The van der Waals surface area contributed by atoms with E-state index in [4.69, 9.17) is 18.5 Å². The Morgan fingerprint density at radius 3 is 1.30 bits per heavy atom. The fourth-order valence-electron chi connectivity index (χ4n) is 7.69. The first-order valence-corrected chi connectivity index (χ1v) is 28.7. The molecule has 0 aliphatic heterocycles. The molecule has 0 bridgehead atoms. The second-order valence-corrected chi connectivity index (χ2v) is 21.0. The minimum Gasteiger partial charge on any atom is -0.756 e. The Kier molecular flexibility index (Phi) is 47.2. The molecule has 0 aromatic rings. The number of hydrogen-bond donors (Lipinski definition) is 0. The van der Waals surface area contributed by atoms with Gasteiger partial charge in [-0.2, -0.15) is 0 Å². The number of phosphoric acid groups is 1. The number of quaternary nitrogens is 1. The Morgan fingerprint density at radius 1 is 0.484 bits per heavy atom. The number of hydrogen-bond acceptors (Lipinski definition) is 7. The Morgan fingerprint density at radius 2 is 0.859 bits per heavy atom. The van der Waals surface area contributed by atoms with Crippen molar-refractivity contribution in [3.63, 3.8) is 0 Å². The molecule has 0 aromatic heterocycles. The van der Waals surface area contributed by atoms with Crippen molar-refractivity contribution < 1.29 is 37.3 Å². The van der Waals surface area contributed by atoms with E-state index in [0.29, 0.717) is 24.1 Å². The van der Waals surface area contributed by atoms with E-state index in [9.17, 15) is 14.3 Å². The number of nitrogens with zero attached hydrogens (tertiary/aromatic N) is 1. The number of carbonyl (C=O) groups excluding carboxylic acids is 1. The Bertz CT molecular complexity index is 1120. The zero-order valence-corrected chi connectivity index (χ0v) is 43.9. The van der Waals surface area contributed by atoms with Crippen LogP contribution in [-0.2, 0) is 27.9 Å². The van der Waals surface area contributed by atoms with E-state index in [0.717, 1.165) is 38.5 Å². The lowest BCUT2D eigenvalue weighted by atomic mass is 10.0. The first kappa shape index (κ1) is 62.7. The van der Waals surface area contributed by atoms with Gasteiger partial charge in [-0.3, -0.25) is 9.36 Å². The average Bonchev–Trinajstić information content (AvgIpc) is 3.25. The maximum Gasteiger partial charge on any atom is 0.306 e. The second kappa shape index (κ2) is 48.2. The maximum absolute atomic E-state index is 12.8. The molecule has 2 atom stereocenters. The molecule has 0 fully saturated rings. The van der Waals surface area contributed by atoms with Crippen molar-refractivity contribution in [2.75, 3.05) is 54.1 Å². The van der Waals surface area contributed by atoms with E-state index >= 15 is 0 Å². The van der Waals surface area contributed by atoms with Crippen molar-refractivity contribution >= 4 is 13.8 Å². The molecule has 0 saturated carbocycles. The number of ether oxygens (including phenoxy) is 2. The number of phosphoric ester groups is 1. The van der Waals surface area contributed by atoms with Crippen molar-refractivity contribution in [2.45, 2.75) is 258 Å². The first-order chi connectivity index (χ1) is 31.1. The number of esters is 1. The predicted molar refractivity (Wildman–Crippen MR) is 273 cm³/mol. The molecule has 64 heavy (non-hydrogen) atoms. The van der Waals surface area contributed by atoms with Gasteiger partial charge in [-0.15, -0.1) is 0 Å². The summed E-state index contributed by atoms with van der Waals surface area (Å²) in [6.45, 7) is 5.42. The third kappa shape index (κ3) is 51.7. The van der Waals surface area contributed by atoms with Crippen LogP contribution in [0.25, 0.3) is 0 Å². The van der Waals surface area contributed by atoms with Gasteiger partial charge in [0.15, 0.2) is 0 Å². The molecule has 0 spiro atoms. The summed E-state index contributed by atoms with van der Waals surface area (Å²) in [5.74, 6) is -0.334. The molecule has 0 N–H and O–H groups in total. The third-order valence-corrected chi connectivity index (χ3v) is 12.9. The van der Waals surface area contributed by atoms with Gasteiger partial charge in [-0.1, -0.05) is 211 Å². The molecule has 0 rings (SSSR count). The van der Waals surface area contributed by atoms with Crippen molar-refractivity contribution in [1.82, 2.24) is 0 Å². The number of carbonyl (C=O) groups is 1. The molecule has 0 heterocycles. The lowest BCUT2D eigenvalue weighted by Crippen LogP contribution is -2.37. The summed E-state index contributed by atoms with van der Waals surface area (Å²) in [4.78, 5) is 25.2. The van der Waals surface area contributed by atoms with E-state index < -0.39 is 13.9 Å². The van der Waals surface area contributed by atoms with Crippen LogP contribution in [0.3, 0.4) is 0 Å². The van der Waals surface area contributed by atoms with Crippen molar-refractivity contribution in [3.05, 3.63) is 36.5 Å². The summed E-state index contributed by atoms with van der Waals surface area (Å²) < 4.78 is 34.8. The minimum atomic E-state index is -4.53. The second-order valence-electron chi connectivity index (χ2n) is 19.6. The zero-order valence-electron chi connectivity index (χ0n) is 43.0. The Labute approximate surface area is 397 Å². The topological polar surface area (TPSA) is 94.1 Å². The highest BCUT2D eigenvalue weighted by Crippen LogP contribution is 2.38. The largest absolute Gasteiger partial charge is 0.756 e. The normalized spacial score (nSPS) is 13.8. The highest BCUT2D eigenvalue weighted by molar-refractivity contribution is 7.45. The van der Waals surface area contributed by atoms with Gasteiger partial charge in [-0.25, -0.2) is 0 Å². The smallest absolute Gasteiger partial charge is 0.306 e. The van der Waals surface area contributed by atoms with Gasteiger partial charge in [0.05, 0.1) is 34.4 Å². The Hall–Kier alpha value is -1.28. The summed E-state index contributed by atoms with van der Waals surface area (Å²) in [6.07, 6.45) is 58.9. The highest BCUT2D eigenvalue weighted by Gasteiger charge is 2.20. The molecular weight excluding hydrogens is 818 g/mol. The zero-order chi connectivity index (χ0) is 46.9. The summed E-state index contributed by atoms with van der Waals surface area (Å²) >= 11 is 0. The lowest BCUT2D eigenvalue weighted by molar-refractivity contribution is -0.870. The summed E-state index contributed by atoms with van der Waals surface area (Å²) in [6, 6.07) is 0. The van der Waals surface area contributed by atoms with Crippen LogP contribution < -0.4 is 4.89 Å². The van der Waals surface area contributed by atoms with E-state index in [1.807, 2.05) is 21.1 Å². The van der Waals surface area contributed by atoms with Gasteiger partial charge in [-0.05, 0) is 70.6 Å². The molecule has 378 valence electrons. The van der Waals surface area contributed by atoms with Crippen molar-refractivity contribution in [2.24, 2.45) is 0 Å². The molecule has 0 aliphatic carbocycles. The molecule has 9 heteroatoms. The molecule has 0 aromatic carbocycles. The molecule has 0 saturated heterocycles. The standard InChI is InChI=1S/C55H106NO7P/c1-6-8-10-12-14-16-18-20-22-24-26-27-28-29-30-32-34-36-38-40-42-44-46-48-55(57)63-54(53-62-64(58,59)61-51-49-56(3,4)5)52-60-50-47-45-43-41-39-37-35-33-31-25-23-21-19-17-15-13-11-9-7-2/h17,19,23-26,54H,6-16,18,20-22,27-53H2,1-5H3/b19-17-,25-23-,26-24-. The molecule has 0 radical (unpaired) electrons. The summed E-state index contributed by atoms with van der Waals surface area (Å²) in [5.41, 5.74) is 0. The van der Waals surface area contributed by atoms with Crippen LogP contribution in [0.15, 0.2) is 36.5 Å². The van der Waals surface area contributed by atoms with Crippen LogP contribution in [0.4, 0.5) is 0 Å². The number of allylic oxidation sites excluding steroid dienone is 6. The van der Waals surface area contributed by atoms with Crippen LogP contribution in [0.2, 0.25) is 0 Å².